The number of hydrogen-bond donors (Lipinski definition) is 3. The molecule has 0 atom stereocenters. The molecule has 144 valence electrons. The number of halogens is 1. The van der Waals surface area contributed by atoms with Crippen LogP contribution in [0.1, 0.15) is 24.2 Å². The third-order valence-corrected chi connectivity index (χ3v) is 4.14. The van der Waals surface area contributed by atoms with Crippen molar-refractivity contribution in [2.45, 2.75) is 13.8 Å². The van der Waals surface area contributed by atoms with Gasteiger partial charge in [0.15, 0.2) is 23.3 Å². The standard InChI is InChI=1S/C20H19FN4O3/c1-20(2)10-23-19(24-11-20)25-18(27)16-14(26)9-8-13(22-3)17(16)28-15-7-5-4-6-12(15)21/h4-9,26H,10-11H2,1-2H3,(H2,23,24,25,27). The summed E-state index contributed by atoms with van der Waals surface area (Å²) in [5.74, 6) is -1.91. The van der Waals surface area contributed by atoms with Gasteiger partial charge in [-0.05, 0) is 24.3 Å². The van der Waals surface area contributed by atoms with Gasteiger partial charge < -0.3 is 15.2 Å². The minimum absolute atomic E-state index is 0.0362. The highest BCUT2D eigenvalue weighted by Crippen LogP contribution is 2.40. The van der Waals surface area contributed by atoms with Crippen LogP contribution in [-0.2, 0) is 0 Å². The molecule has 1 aliphatic heterocycles. The number of rotatable bonds is 3. The van der Waals surface area contributed by atoms with Gasteiger partial charge in [0.1, 0.15) is 11.3 Å². The molecule has 8 heteroatoms. The van der Waals surface area contributed by atoms with Crippen LogP contribution >= 0.6 is 0 Å². The second-order valence-electron chi connectivity index (χ2n) is 7.09. The van der Waals surface area contributed by atoms with Gasteiger partial charge in [0, 0.05) is 18.5 Å². The van der Waals surface area contributed by atoms with Gasteiger partial charge in [-0.15, -0.1) is 0 Å². The number of amides is 1. The Labute approximate surface area is 161 Å². The molecule has 0 spiro atoms. The Kier molecular flexibility index (Phi) is 5.18. The lowest BCUT2D eigenvalue weighted by Crippen LogP contribution is -2.49. The van der Waals surface area contributed by atoms with Crippen molar-refractivity contribution in [3.63, 3.8) is 0 Å². The van der Waals surface area contributed by atoms with E-state index in [-0.39, 0.29) is 34.1 Å². The average Bonchev–Trinajstić information content (AvgIpc) is 2.65. The molecule has 7 nitrogen and oxygen atoms in total. The molecule has 3 N–H and O–H groups in total. The van der Waals surface area contributed by atoms with Crippen molar-refractivity contribution < 1.29 is 19.0 Å². The van der Waals surface area contributed by atoms with Crippen LogP contribution in [0.5, 0.6) is 17.2 Å². The van der Waals surface area contributed by atoms with E-state index in [1.807, 2.05) is 13.8 Å². The fraction of sp³-hybridized carbons (Fsp3) is 0.250. The Balaban J connectivity index is 1.96. The zero-order valence-electron chi connectivity index (χ0n) is 15.4. The Bertz CT molecular complexity index is 995. The van der Waals surface area contributed by atoms with Gasteiger partial charge in [0.05, 0.1) is 6.57 Å². The SMILES string of the molecule is [C-]#[N+]c1ccc(O)c(C(=O)NC2=NCC(C)(C)CN2)c1Oc1ccccc1F. The fourth-order valence-corrected chi connectivity index (χ4v) is 2.59. The first-order chi connectivity index (χ1) is 13.3. The van der Waals surface area contributed by atoms with E-state index in [0.717, 1.165) is 0 Å². The largest absolute Gasteiger partial charge is 0.507 e. The van der Waals surface area contributed by atoms with Crippen molar-refractivity contribution in [1.82, 2.24) is 10.6 Å². The number of ether oxygens (including phenoxy) is 1. The second kappa shape index (κ2) is 7.56. The van der Waals surface area contributed by atoms with Crippen LogP contribution in [0.3, 0.4) is 0 Å². The van der Waals surface area contributed by atoms with E-state index < -0.39 is 17.5 Å². The summed E-state index contributed by atoms with van der Waals surface area (Å²) in [6, 6.07) is 8.12. The average molecular weight is 382 g/mol. The van der Waals surface area contributed by atoms with Crippen molar-refractivity contribution in [3.05, 3.63) is 59.2 Å². The van der Waals surface area contributed by atoms with Crippen LogP contribution < -0.4 is 15.4 Å². The number of para-hydroxylation sites is 1. The molecule has 0 aliphatic carbocycles. The van der Waals surface area contributed by atoms with Crippen molar-refractivity contribution in [3.8, 4) is 17.2 Å². The number of nitrogens with zero attached hydrogens (tertiary/aromatic N) is 2. The monoisotopic (exact) mass is 382 g/mol. The predicted octanol–water partition coefficient (Wildman–Crippen LogP) is 3.59. The zero-order valence-corrected chi connectivity index (χ0v) is 15.4. The van der Waals surface area contributed by atoms with Gasteiger partial charge in [-0.25, -0.2) is 9.24 Å². The first-order valence-electron chi connectivity index (χ1n) is 8.56. The summed E-state index contributed by atoms with van der Waals surface area (Å²) in [4.78, 5) is 20.4. The molecule has 0 radical (unpaired) electrons. The highest BCUT2D eigenvalue weighted by atomic mass is 19.1. The van der Waals surface area contributed by atoms with Gasteiger partial charge in [0.25, 0.3) is 5.91 Å². The summed E-state index contributed by atoms with van der Waals surface area (Å²) >= 11 is 0. The summed E-state index contributed by atoms with van der Waals surface area (Å²) in [5, 5.41) is 15.8. The molecule has 0 saturated heterocycles. The highest BCUT2D eigenvalue weighted by Gasteiger charge is 2.26. The Hall–Kier alpha value is -3.60. The van der Waals surface area contributed by atoms with Crippen molar-refractivity contribution >= 4 is 17.6 Å². The lowest BCUT2D eigenvalue weighted by atomic mass is 9.93. The van der Waals surface area contributed by atoms with E-state index in [2.05, 4.69) is 20.5 Å². The van der Waals surface area contributed by atoms with Crippen LogP contribution in [0.4, 0.5) is 10.1 Å². The molecule has 28 heavy (non-hydrogen) atoms. The van der Waals surface area contributed by atoms with Crippen LogP contribution in [-0.4, -0.2) is 30.1 Å². The molecule has 0 bridgehead atoms. The molecule has 0 fully saturated rings. The number of aromatic hydroxyl groups is 1. The van der Waals surface area contributed by atoms with E-state index in [1.54, 1.807) is 6.07 Å². The molecule has 1 amide bonds. The Morgan fingerprint density at radius 1 is 1.36 bits per heavy atom. The number of hydrogen-bond acceptors (Lipinski definition) is 5. The first kappa shape index (κ1) is 19.2. The van der Waals surface area contributed by atoms with Crippen LogP contribution in [0.2, 0.25) is 0 Å². The summed E-state index contributed by atoms with van der Waals surface area (Å²) in [6.45, 7) is 12.5. The number of carbonyl (C=O) groups is 1. The molecule has 1 aliphatic rings. The topological polar surface area (TPSA) is 87.3 Å². The van der Waals surface area contributed by atoms with Crippen LogP contribution in [0.25, 0.3) is 4.85 Å². The Morgan fingerprint density at radius 3 is 2.75 bits per heavy atom. The maximum Gasteiger partial charge on any atom is 0.264 e. The van der Waals surface area contributed by atoms with Gasteiger partial charge in [-0.1, -0.05) is 26.0 Å². The number of guanidine groups is 1. The lowest BCUT2D eigenvalue weighted by molar-refractivity contribution is 0.0969. The van der Waals surface area contributed by atoms with Crippen molar-refractivity contribution in [1.29, 1.82) is 0 Å². The van der Waals surface area contributed by atoms with Gasteiger partial charge >= 0.3 is 0 Å². The summed E-state index contributed by atoms with van der Waals surface area (Å²) in [5.41, 5.74) is -0.351. The quantitative estimate of drug-likeness (QED) is 0.708. The summed E-state index contributed by atoms with van der Waals surface area (Å²) < 4.78 is 19.5. The number of phenolic OH excluding ortho intramolecular Hbond substituents is 1. The summed E-state index contributed by atoms with van der Waals surface area (Å²) in [6.07, 6.45) is 0. The number of nitrogens with one attached hydrogen (secondary N) is 2. The minimum Gasteiger partial charge on any atom is -0.507 e. The van der Waals surface area contributed by atoms with E-state index in [0.29, 0.717) is 13.1 Å². The smallest absolute Gasteiger partial charge is 0.264 e. The third-order valence-electron chi connectivity index (χ3n) is 4.14. The number of benzene rings is 2. The molecule has 2 aromatic rings. The van der Waals surface area contributed by atoms with Gasteiger partial charge in [-0.3, -0.25) is 15.1 Å². The molecule has 1 heterocycles. The number of carbonyl (C=O) groups excluding carboxylic acids is 1. The number of aliphatic imine (C=N–C) groups is 1. The van der Waals surface area contributed by atoms with E-state index in [4.69, 9.17) is 11.3 Å². The normalized spacial score (nSPS) is 15.0. The number of phenols is 1. The molecule has 0 aromatic heterocycles. The molecule has 2 aromatic carbocycles. The van der Waals surface area contributed by atoms with Gasteiger partial charge in [0.2, 0.25) is 5.69 Å². The lowest BCUT2D eigenvalue weighted by Gasteiger charge is -2.29. The van der Waals surface area contributed by atoms with Crippen molar-refractivity contribution in [2.75, 3.05) is 13.1 Å². The molecule has 0 unspecified atom stereocenters. The Morgan fingerprint density at radius 2 is 2.11 bits per heavy atom. The molecular weight excluding hydrogens is 363 g/mol. The highest BCUT2D eigenvalue weighted by molar-refractivity contribution is 6.10. The van der Waals surface area contributed by atoms with E-state index in [9.17, 15) is 14.3 Å². The van der Waals surface area contributed by atoms with Crippen molar-refractivity contribution in [2.24, 2.45) is 10.4 Å². The van der Waals surface area contributed by atoms with Crippen LogP contribution in [0, 0.1) is 17.8 Å². The van der Waals surface area contributed by atoms with Gasteiger partial charge in [-0.2, -0.15) is 0 Å². The first-order valence-corrected chi connectivity index (χ1v) is 8.56. The molecular formula is C20H19FN4O3. The second-order valence-corrected chi connectivity index (χ2v) is 7.09. The predicted molar refractivity (Wildman–Crippen MR) is 102 cm³/mol. The minimum atomic E-state index is -0.722. The molecule has 0 saturated carbocycles. The molecule has 3 rings (SSSR count). The summed E-state index contributed by atoms with van der Waals surface area (Å²) in [7, 11) is 0. The fourth-order valence-electron chi connectivity index (χ4n) is 2.59. The van der Waals surface area contributed by atoms with Crippen LogP contribution in [0.15, 0.2) is 41.4 Å². The zero-order chi connectivity index (χ0) is 20.3. The van der Waals surface area contributed by atoms with E-state index in [1.165, 1.54) is 30.3 Å². The third kappa shape index (κ3) is 4.04. The maximum atomic E-state index is 14.0. The maximum absolute atomic E-state index is 14.0. The van der Waals surface area contributed by atoms with E-state index >= 15 is 0 Å².